The van der Waals surface area contributed by atoms with Crippen molar-refractivity contribution >= 4 is 5.91 Å². The maximum atomic E-state index is 13.3. The minimum absolute atomic E-state index is 0.232. The van der Waals surface area contributed by atoms with E-state index in [1.54, 1.807) is 0 Å². The highest BCUT2D eigenvalue weighted by atomic mass is 16.2. The van der Waals surface area contributed by atoms with Gasteiger partial charge < -0.3 is 5.32 Å². The van der Waals surface area contributed by atoms with Crippen LogP contribution in [0.5, 0.6) is 0 Å². The number of hydrazine groups is 1. The van der Waals surface area contributed by atoms with Gasteiger partial charge in [-0.15, -0.1) is 0 Å². The van der Waals surface area contributed by atoms with Crippen molar-refractivity contribution in [3.05, 3.63) is 35.9 Å². The molecule has 25 heavy (non-hydrogen) atoms. The van der Waals surface area contributed by atoms with Crippen LogP contribution in [0.1, 0.15) is 57.9 Å². The SMILES string of the molecule is CC1NNC(C)C1CCNC(=O)C1(c2ccccc2)CC12CCCC2. The molecule has 3 atom stereocenters. The summed E-state index contributed by atoms with van der Waals surface area (Å²) in [5, 5.41) is 3.31. The quantitative estimate of drug-likeness (QED) is 0.772. The zero-order chi connectivity index (χ0) is 17.5. The van der Waals surface area contributed by atoms with E-state index < -0.39 is 0 Å². The Hall–Kier alpha value is -1.39. The summed E-state index contributed by atoms with van der Waals surface area (Å²) in [5.74, 6) is 0.826. The first kappa shape index (κ1) is 17.0. The number of amides is 1. The molecular formula is C21H31N3O. The number of hydrogen-bond acceptors (Lipinski definition) is 3. The minimum atomic E-state index is -0.270. The van der Waals surface area contributed by atoms with Gasteiger partial charge in [0.25, 0.3) is 0 Å². The van der Waals surface area contributed by atoms with Crippen LogP contribution in [0.2, 0.25) is 0 Å². The maximum absolute atomic E-state index is 13.3. The van der Waals surface area contributed by atoms with Gasteiger partial charge >= 0.3 is 0 Å². The van der Waals surface area contributed by atoms with E-state index in [0.717, 1.165) is 19.4 Å². The van der Waals surface area contributed by atoms with Crippen LogP contribution in [0, 0.1) is 11.3 Å². The van der Waals surface area contributed by atoms with Crippen LogP contribution >= 0.6 is 0 Å². The average molecular weight is 341 g/mol. The first-order valence-corrected chi connectivity index (χ1v) is 9.94. The van der Waals surface area contributed by atoms with Crippen molar-refractivity contribution in [3.63, 3.8) is 0 Å². The smallest absolute Gasteiger partial charge is 0.231 e. The summed E-state index contributed by atoms with van der Waals surface area (Å²) in [6, 6.07) is 11.4. The van der Waals surface area contributed by atoms with Gasteiger partial charge in [-0.3, -0.25) is 15.6 Å². The summed E-state index contributed by atoms with van der Waals surface area (Å²) in [6.45, 7) is 5.19. The summed E-state index contributed by atoms with van der Waals surface area (Å²) in [4.78, 5) is 13.3. The van der Waals surface area contributed by atoms with Crippen LogP contribution in [-0.4, -0.2) is 24.5 Å². The molecule has 1 amide bonds. The molecule has 2 aliphatic carbocycles. The summed E-state index contributed by atoms with van der Waals surface area (Å²) in [7, 11) is 0. The second-order valence-corrected chi connectivity index (χ2v) is 8.51. The number of nitrogens with one attached hydrogen (secondary N) is 3. The van der Waals surface area contributed by atoms with Crippen molar-refractivity contribution in [2.24, 2.45) is 11.3 Å². The molecule has 1 aromatic carbocycles. The van der Waals surface area contributed by atoms with E-state index in [4.69, 9.17) is 0 Å². The molecule has 0 radical (unpaired) electrons. The van der Waals surface area contributed by atoms with Gasteiger partial charge in [0.1, 0.15) is 0 Å². The second-order valence-electron chi connectivity index (χ2n) is 8.51. The molecule has 1 aromatic rings. The Balaban J connectivity index is 1.45. The fraction of sp³-hybridized carbons (Fsp3) is 0.667. The van der Waals surface area contributed by atoms with Crippen LogP contribution in [0.4, 0.5) is 0 Å². The molecule has 4 heteroatoms. The highest BCUT2D eigenvalue weighted by Crippen LogP contribution is 2.72. The summed E-state index contributed by atoms with van der Waals surface area (Å²) < 4.78 is 0. The van der Waals surface area contributed by atoms with E-state index in [2.05, 4.69) is 54.3 Å². The number of hydrogen-bond donors (Lipinski definition) is 3. The number of carbonyl (C=O) groups excluding carboxylic acids is 1. The first-order chi connectivity index (χ1) is 12.1. The Morgan fingerprint density at radius 1 is 1.12 bits per heavy atom. The average Bonchev–Trinajstić information content (AvgIpc) is 2.85. The zero-order valence-corrected chi connectivity index (χ0v) is 15.5. The normalized spacial score (nSPS) is 35.8. The molecular weight excluding hydrogens is 310 g/mol. The summed E-state index contributed by atoms with van der Waals surface area (Å²) in [5.41, 5.74) is 7.79. The fourth-order valence-corrected chi connectivity index (χ4v) is 5.62. The van der Waals surface area contributed by atoms with Crippen molar-refractivity contribution in [2.75, 3.05) is 6.54 Å². The Labute approximate surface area is 151 Å². The molecule has 1 saturated heterocycles. The van der Waals surface area contributed by atoms with E-state index in [0.29, 0.717) is 18.0 Å². The van der Waals surface area contributed by atoms with Crippen molar-refractivity contribution in [1.29, 1.82) is 0 Å². The second kappa shape index (κ2) is 6.40. The predicted molar refractivity (Wildman–Crippen MR) is 100.0 cm³/mol. The molecule has 1 aliphatic heterocycles. The lowest BCUT2D eigenvalue weighted by molar-refractivity contribution is -0.124. The van der Waals surface area contributed by atoms with Crippen LogP contribution in [0.15, 0.2) is 30.3 Å². The lowest BCUT2D eigenvalue weighted by Crippen LogP contribution is -2.40. The van der Waals surface area contributed by atoms with Gasteiger partial charge in [-0.1, -0.05) is 43.2 Å². The number of rotatable bonds is 5. The number of benzene rings is 1. The molecule has 2 saturated carbocycles. The monoisotopic (exact) mass is 341 g/mol. The van der Waals surface area contributed by atoms with E-state index in [1.165, 1.54) is 31.2 Å². The van der Waals surface area contributed by atoms with Crippen LogP contribution in [0.25, 0.3) is 0 Å². The van der Waals surface area contributed by atoms with Gasteiger partial charge in [0.05, 0.1) is 5.41 Å². The first-order valence-electron chi connectivity index (χ1n) is 9.94. The Morgan fingerprint density at radius 2 is 1.76 bits per heavy atom. The van der Waals surface area contributed by atoms with E-state index in [-0.39, 0.29) is 16.7 Å². The lowest BCUT2D eigenvalue weighted by Gasteiger charge is -2.24. The van der Waals surface area contributed by atoms with Gasteiger partial charge in [-0.2, -0.15) is 0 Å². The third kappa shape index (κ3) is 2.70. The Morgan fingerprint density at radius 3 is 2.40 bits per heavy atom. The van der Waals surface area contributed by atoms with Crippen molar-refractivity contribution in [3.8, 4) is 0 Å². The number of carbonyl (C=O) groups is 1. The van der Waals surface area contributed by atoms with Crippen molar-refractivity contribution in [1.82, 2.24) is 16.2 Å². The van der Waals surface area contributed by atoms with Crippen molar-refractivity contribution in [2.45, 2.75) is 69.9 Å². The standard InChI is InChI=1S/C21H31N3O/c1-15-18(16(2)24-23-15)10-13-22-19(25)21(17-8-4-3-5-9-17)14-20(21)11-6-7-12-20/h3-5,8-9,15-16,18,23-24H,6-7,10-14H2,1-2H3,(H,22,25). The van der Waals surface area contributed by atoms with Crippen LogP contribution in [-0.2, 0) is 10.2 Å². The highest BCUT2D eigenvalue weighted by Gasteiger charge is 2.72. The Kier molecular flexibility index (Phi) is 4.37. The molecule has 1 heterocycles. The maximum Gasteiger partial charge on any atom is 0.231 e. The third-order valence-corrected chi connectivity index (χ3v) is 7.19. The van der Waals surface area contributed by atoms with Gasteiger partial charge in [0, 0.05) is 18.6 Å². The topological polar surface area (TPSA) is 53.2 Å². The van der Waals surface area contributed by atoms with Gasteiger partial charge in [-0.25, -0.2) is 0 Å². The molecule has 4 rings (SSSR count). The molecule has 3 aliphatic rings. The molecule has 1 spiro atoms. The fourth-order valence-electron chi connectivity index (χ4n) is 5.62. The molecule has 3 N–H and O–H groups in total. The molecule has 136 valence electrons. The summed E-state index contributed by atoms with van der Waals surface area (Å²) in [6.07, 6.45) is 7.02. The van der Waals surface area contributed by atoms with Crippen LogP contribution < -0.4 is 16.2 Å². The van der Waals surface area contributed by atoms with Gasteiger partial charge in [0.15, 0.2) is 0 Å². The minimum Gasteiger partial charge on any atom is -0.355 e. The lowest BCUT2D eigenvalue weighted by atomic mass is 9.84. The molecule has 3 unspecified atom stereocenters. The van der Waals surface area contributed by atoms with E-state index >= 15 is 0 Å². The van der Waals surface area contributed by atoms with Gasteiger partial charge in [0.2, 0.25) is 5.91 Å². The zero-order valence-electron chi connectivity index (χ0n) is 15.5. The molecule has 3 fully saturated rings. The molecule has 0 bridgehead atoms. The highest BCUT2D eigenvalue weighted by molar-refractivity contribution is 5.93. The van der Waals surface area contributed by atoms with Crippen molar-refractivity contribution < 1.29 is 4.79 Å². The molecule has 4 nitrogen and oxygen atoms in total. The largest absolute Gasteiger partial charge is 0.355 e. The van der Waals surface area contributed by atoms with E-state index in [9.17, 15) is 4.79 Å². The third-order valence-electron chi connectivity index (χ3n) is 7.19. The Bertz CT molecular complexity index is 615. The van der Waals surface area contributed by atoms with Gasteiger partial charge in [-0.05, 0) is 56.4 Å². The summed E-state index contributed by atoms with van der Waals surface area (Å²) >= 11 is 0. The predicted octanol–water partition coefficient (Wildman–Crippen LogP) is 2.90. The van der Waals surface area contributed by atoms with E-state index in [1.807, 2.05) is 6.07 Å². The van der Waals surface area contributed by atoms with Crippen LogP contribution in [0.3, 0.4) is 0 Å². The molecule has 0 aromatic heterocycles.